The Bertz CT molecular complexity index is 491. The van der Waals surface area contributed by atoms with Crippen LogP contribution >= 0.6 is 15.9 Å². The molecule has 102 valence electrons. The fourth-order valence-corrected chi connectivity index (χ4v) is 2.41. The highest BCUT2D eigenvalue weighted by molar-refractivity contribution is 9.10. The van der Waals surface area contributed by atoms with Gasteiger partial charge in [-0.05, 0) is 30.5 Å². The highest BCUT2D eigenvalue weighted by atomic mass is 79.9. The molecule has 0 aromatic heterocycles. The van der Waals surface area contributed by atoms with Crippen molar-refractivity contribution in [3.8, 4) is 0 Å². The van der Waals surface area contributed by atoms with Crippen molar-refractivity contribution in [2.75, 3.05) is 0 Å². The van der Waals surface area contributed by atoms with Crippen LogP contribution in [0.25, 0.3) is 0 Å². The van der Waals surface area contributed by atoms with Crippen LogP contribution in [0.15, 0.2) is 28.7 Å². The van der Waals surface area contributed by atoms with E-state index in [9.17, 15) is 9.59 Å². The highest BCUT2D eigenvalue weighted by Crippen LogP contribution is 2.20. The van der Waals surface area contributed by atoms with E-state index in [1.807, 2.05) is 24.3 Å². The fourth-order valence-electron chi connectivity index (χ4n) is 1.96. The molecule has 0 spiro atoms. The summed E-state index contributed by atoms with van der Waals surface area (Å²) in [4.78, 5) is 22.6. The molecule has 2 N–H and O–H groups in total. The molecule has 1 fully saturated rings. The van der Waals surface area contributed by atoms with E-state index in [0.717, 1.165) is 10.0 Å². The zero-order valence-corrected chi connectivity index (χ0v) is 11.7. The van der Waals surface area contributed by atoms with E-state index >= 15 is 0 Å². The monoisotopic (exact) mass is 327 g/mol. The first kappa shape index (κ1) is 14.0. The predicted octanol–water partition coefficient (Wildman–Crippen LogP) is 1.70. The molecule has 1 aliphatic heterocycles. The lowest BCUT2D eigenvalue weighted by Gasteiger charge is -2.11. The Morgan fingerprint density at radius 2 is 2.11 bits per heavy atom. The average molecular weight is 328 g/mol. The Hall–Kier alpha value is -1.40. The van der Waals surface area contributed by atoms with Gasteiger partial charge in [-0.1, -0.05) is 28.1 Å². The van der Waals surface area contributed by atoms with Crippen molar-refractivity contribution in [3.05, 3.63) is 34.3 Å². The molecule has 0 saturated carbocycles. The van der Waals surface area contributed by atoms with Crippen molar-refractivity contribution in [2.24, 2.45) is 0 Å². The smallest absolute Gasteiger partial charge is 0.332 e. The van der Waals surface area contributed by atoms with E-state index in [-0.39, 0.29) is 5.91 Å². The summed E-state index contributed by atoms with van der Waals surface area (Å²) in [7, 11) is 0. The molecule has 6 heteroatoms. The Balaban J connectivity index is 1.84. The molecule has 1 amide bonds. The Morgan fingerprint density at radius 1 is 1.37 bits per heavy atom. The molecule has 0 aliphatic carbocycles. The number of hydrogen-bond acceptors (Lipinski definition) is 3. The van der Waals surface area contributed by atoms with Crippen molar-refractivity contribution < 1.29 is 19.4 Å². The maximum Gasteiger partial charge on any atom is 0.332 e. The number of aliphatic carboxylic acids is 1. The first-order valence-corrected chi connectivity index (χ1v) is 6.76. The number of rotatable bonds is 4. The van der Waals surface area contributed by atoms with E-state index in [2.05, 4.69) is 21.2 Å². The number of benzene rings is 1. The van der Waals surface area contributed by atoms with Crippen molar-refractivity contribution in [2.45, 2.75) is 31.6 Å². The Labute approximate surface area is 119 Å². The molecule has 1 heterocycles. The van der Waals surface area contributed by atoms with Crippen LogP contribution in [0.4, 0.5) is 0 Å². The Kier molecular flexibility index (Phi) is 4.55. The van der Waals surface area contributed by atoms with E-state index in [4.69, 9.17) is 9.84 Å². The van der Waals surface area contributed by atoms with Crippen molar-refractivity contribution >= 4 is 27.8 Å². The van der Waals surface area contributed by atoms with Gasteiger partial charge >= 0.3 is 5.97 Å². The molecule has 2 atom stereocenters. The summed E-state index contributed by atoms with van der Waals surface area (Å²) in [6.07, 6.45) is -0.694. The molecular weight excluding hydrogens is 314 g/mol. The second kappa shape index (κ2) is 6.16. The molecule has 1 aromatic carbocycles. The number of carboxylic acid groups (broad SMARTS) is 1. The number of carboxylic acids is 1. The number of halogens is 1. The summed E-state index contributed by atoms with van der Waals surface area (Å²) >= 11 is 3.36. The summed E-state index contributed by atoms with van der Waals surface area (Å²) in [5, 5.41) is 11.5. The molecule has 5 nitrogen and oxygen atoms in total. The highest BCUT2D eigenvalue weighted by Gasteiger charge is 2.34. The van der Waals surface area contributed by atoms with Gasteiger partial charge in [0.2, 0.25) is 5.91 Å². The summed E-state index contributed by atoms with van der Waals surface area (Å²) in [5.74, 6) is -1.27. The minimum absolute atomic E-state index is 0.260. The number of carbonyl (C=O) groups is 2. The van der Waals surface area contributed by atoms with Crippen LogP contribution in [0.3, 0.4) is 0 Å². The van der Waals surface area contributed by atoms with Crippen LogP contribution in [0.2, 0.25) is 0 Å². The van der Waals surface area contributed by atoms with Gasteiger partial charge in [0.1, 0.15) is 6.10 Å². The van der Waals surface area contributed by atoms with Crippen LogP contribution in [0.5, 0.6) is 0 Å². The zero-order chi connectivity index (χ0) is 13.8. The van der Waals surface area contributed by atoms with Crippen molar-refractivity contribution in [1.29, 1.82) is 0 Å². The summed E-state index contributed by atoms with van der Waals surface area (Å²) in [6.45, 7) is 0.399. The molecule has 0 bridgehead atoms. The number of hydrogen-bond donors (Lipinski definition) is 2. The molecule has 2 unspecified atom stereocenters. The summed E-state index contributed by atoms with van der Waals surface area (Å²) in [6, 6.07) is 7.61. The van der Waals surface area contributed by atoms with E-state index in [1.54, 1.807) is 0 Å². The van der Waals surface area contributed by atoms with Gasteiger partial charge in [-0.15, -0.1) is 0 Å². The first-order chi connectivity index (χ1) is 9.06. The van der Waals surface area contributed by atoms with Gasteiger partial charge in [-0.25, -0.2) is 4.79 Å². The van der Waals surface area contributed by atoms with E-state index in [0.29, 0.717) is 19.4 Å². The van der Waals surface area contributed by atoms with E-state index < -0.39 is 18.2 Å². The fraction of sp³-hybridized carbons (Fsp3) is 0.385. The lowest BCUT2D eigenvalue weighted by atomic mass is 10.2. The largest absolute Gasteiger partial charge is 0.479 e. The molecule has 2 rings (SSSR count). The van der Waals surface area contributed by atoms with Gasteiger partial charge < -0.3 is 15.2 Å². The number of carbonyl (C=O) groups excluding carboxylic acids is 1. The van der Waals surface area contributed by atoms with Crippen LogP contribution in [-0.4, -0.2) is 29.2 Å². The second-order valence-electron chi connectivity index (χ2n) is 4.38. The molecule has 19 heavy (non-hydrogen) atoms. The molecule has 0 radical (unpaired) electrons. The van der Waals surface area contributed by atoms with Crippen LogP contribution < -0.4 is 5.32 Å². The molecule has 1 aliphatic rings. The SMILES string of the molecule is O=C(O)C1CCC(C(=O)NCc2cccc(Br)c2)O1. The lowest BCUT2D eigenvalue weighted by Crippen LogP contribution is -2.35. The maximum absolute atomic E-state index is 11.8. The first-order valence-electron chi connectivity index (χ1n) is 5.96. The lowest BCUT2D eigenvalue weighted by molar-refractivity contribution is -0.151. The topological polar surface area (TPSA) is 75.6 Å². The second-order valence-corrected chi connectivity index (χ2v) is 5.29. The van der Waals surface area contributed by atoms with Gasteiger partial charge in [0.05, 0.1) is 0 Å². The maximum atomic E-state index is 11.8. The van der Waals surface area contributed by atoms with Gasteiger partial charge in [0, 0.05) is 11.0 Å². The predicted molar refractivity (Wildman–Crippen MR) is 71.5 cm³/mol. The molecule has 1 saturated heterocycles. The third-order valence-electron chi connectivity index (χ3n) is 2.94. The normalized spacial score (nSPS) is 22.2. The van der Waals surface area contributed by atoms with Crippen LogP contribution in [-0.2, 0) is 20.9 Å². The molecule has 1 aromatic rings. The zero-order valence-electron chi connectivity index (χ0n) is 10.1. The quantitative estimate of drug-likeness (QED) is 0.882. The number of ether oxygens (including phenoxy) is 1. The van der Waals surface area contributed by atoms with E-state index in [1.165, 1.54) is 0 Å². The standard InChI is InChI=1S/C13H14BrNO4/c14-9-3-1-2-8(6-9)7-15-12(16)10-4-5-11(19-10)13(17)18/h1-3,6,10-11H,4-5,7H2,(H,15,16)(H,17,18). The van der Waals surface area contributed by atoms with Crippen molar-refractivity contribution in [3.63, 3.8) is 0 Å². The third kappa shape index (κ3) is 3.78. The minimum atomic E-state index is -1.01. The molecular formula is C13H14BrNO4. The Morgan fingerprint density at radius 3 is 2.74 bits per heavy atom. The van der Waals surface area contributed by atoms with Gasteiger partial charge in [-0.2, -0.15) is 0 Å². The summed E-state index contributed by atoms with van der Waals surface area (Å²) in [5.41, 5.74) is 0.968. The summed E-state index contributed by atoms with van der Waals surface area (Å²) < 4.78 is 6.12. The van der Waals surface area contributed by atoms with Crippen LogP contribution in [0.1, 0.15) is 18.4 Å². The van der Waals surface area contributed by atoms with Gasteiger partial charge in [0.15, 0.2) is 6.10 Å². The van der Waals surface area contributed by atoms with Crippen molar-refractivity contribution in [1.82, 2.24) is 5.32 Å². The van der Waals surface area contributed by atoms with Gasteiger partial charge in [-0.3, -0.25) is 4.79 Å². The minimum Gasteiger partial charge on any atom is -0.479 e. The van der Waals surface area contributed by atoms with Gasteiger partial charge in [0.25, 0.3) is 0 Å². The third-order valence-corrected chi connectivity index (χ3v) is 3.44. The average Bonchev–Trinajstić information content (AvgIpc) is 2.86. The van der Waals surface area contributed by atoms with Crippen LogP contribution in [0, 0.1) is 0 Å². The number of amides is 1. The number of nitrogens with one attached hydrogen (secondary N) is 1.